The Bertz CT molecular complexity index is 743. The lowest BCUT2D eigenvalue weighted by molar-refractivity contribution is -0.303. The zero-order valence-electron chi connectivity index (χ0n) is 30.6. The standard InChI is InChI=1S/C38H75NO9/c1-3-5-7-9-11-12-13-14-15-16-17-18-19-21-22-24-26-31(41)34(43)30(39-33(42)27-25-23-20-10-8-6-4-2)29-47-38-37(46)36(45)35(44)32(28-40)48-38/h30-32,34-38,40-41,43-46H,3-29H2,1-2H3,(H,39,42)/t30-,31+,32+,34-,35+,36?,37?,38+/m0/s1. The van der Waals surface area contributed by atoms with Crippen molar-refractivity contribution in [2.75, 3.05) is 13.2 Å². The molecule has 1 fully saturated rings. The van der Waals surface area contributed by atoms with Crippen LogP contribution >= 0.6 is 0 Å². The lowest BCUT2D eigenvalue weighted by atomic mass is 9.98. The van der Waals surface area contributed by atoms with Gasteiger partial charge in [-0.25, -0.2) is 0 Å². The lowest BCUT2D eigenvalue weighted by Gasteiger charge is -2.40. The Morgan fingerprint density at radius 3 is 1.54 bits per heavy atom. The Kier molecular flexibility index (Phi) is 28.1. The molecule has 1 saturated heterocycles. The van der Waals surface area contributed by atoms with Crippen molar-refractivity contribution >= 4 is 5.91 Å². The molecule has 48 heavy (non-hydrogen) atoms. The van der Waals surface area contributed by atoms with Crippen LogP contribution in [0.4, 0.5) is 0 Å². The SMILES string of the molecule is CCCCCCCCCCCCCCCCCC[C@@H](O)[C@@H](O)[C@H](CO[C@@H]1O[C@H](CO)[C@@H](O)C(O)C1O)NC(=O)CCCCCCCCC. The number of carbonyl (C=O) groups is 1. The van der Waals surface area contributed by atoms with Crippen LogP contribution in [-0.2, 0) is 14.3 Å². The highest BCUT2D eigenvalue weighted by atomic mass is 16.7. The first-order valence-electron chi connectivity index (χ1n) is 19.8. The van der Waals surface area contributed by atoms with Gasteiger partial charge in [-0.2, -0.15) is 0 Å². The molecule has 0 aromatic heterocycles. The van der Waals surface area contributed by atoms with E-state index in [-0.39, 0.29) is 18.9 Å². The van der Waals surface area contributed by atoms with Crippen LogP contribution in [0.15, 0.2) is 0 Å². The van der Waals surface area contributed by atoms with Gasteiger partial charge in [0.25, 0.3) is 0 Å². The molecular formula is C38H75NO9. The maximum Gasteiger partial charge on any atom is 0.220 e. The van der Waals surface area contributed by atoms with E-state index < -0.39 is 55.6 Å². The van der Waals surface area contributed by atoms with E-state index in [1.54, 1.807) is 0 Å². The number of aliphatic hydroxyl groups excluding tert-OH is 6. The van der Waals surface area contributed by atoms with E-state index >= 15 is 0 Å². The van der Waals surface area contributed by atoms with Crippen molar-refractivity contribution in [3.05, 3.63) is 0 Å². The molecule has 10 nitrogen and oxygen atoms in total. The van der Waals surface area contributed by atoms with Gasteiger partial charge < -0.3 is 45.4 Å². The molecule has 0 aliphatic carbocycles. The van der Waals surface area contributed by atoms with Crippen LogP contribution < -0.4 is 5.32 Å². The average Bonchev–Trinajstić information content (AvgIpc) is 3.08. The lowest BCUT2D eigenvalue weighted by Crippen LogP contribution is -2.60. The Morgan fingerprint density at radius 1 is 0.646 bits per heavy atom. The molecule has 0 aromatic rings. The monoisotopic (exact) mass is 690 g/mol. The Labute approximate surface area is 292 Å². The summed E-state index contributed by atoms with van der Waals surface area (Å²) < 4.78 is 11.1. The number of hydrogen-bond acceptors (Lipinski definition) is 9. The van der Waals surface area contributed by atoms with E-state index in [0.29, 0.717) is 6.42 Å². The van der Waals surface area contributed by atoms with Gasteiger partial charge in [-0.1, -0.05) is 155 Å². The molecule has 286 valence electrons. The normalized spacial score (nSPS) is 23.2. The van der Waals surface area contributed by atoms with Crippen LogP contribution in [-0.4, -0.2) is 98.7 Å². The van der Waals surface area contributed by atoms with Gasteiger partial charge in [-0.15, -0.1) is 0 Å². The van der Waals surface area contributed by atoms with Gasteiger partial charge in [0.05, 0.1) is 25.4 Å². The average molecular weight is 690 g/mol. The molecule has 0 radical (unpaired) electrons. The molecule has 8 atom stereocenters. The molecule has 0 bridgehead atoms. The second-order valence-electron chi connectivity index (χ2n) is 14.2. The van der Waals surface area contributed by atoms with E-state index in [1.807, 2.05) is 0 Å². The topological polar surface area (TPSA) is 169 Å². The van der Waals surface area contributed by atoms with Gasteiger partial charge in [0.15, 0.2) is 6.29 Å². The van der Waals surface area contributed by atoms with Gasteiger partial charge >= 0.3 is 0 Å². The van der Waals surface area contributed by atoms with E-state index in [0.717, 1.165) is 44.9 Å². The van der Waals surface area contributed by atoms with Crippen LogP contribution in [0.2, 0.25) is 0 Å². The Morgan fingerprint density at radius 2 is 1.08 bits per heavy atom. The summed E-state index contributed by atoms with van der Waals surface area (Å²) in [6.07, 6.45) is 18.5. The number of nitrogens with one attached hydrogen (secondary N) is 1. The number of amides is 1. The van der Waals surface area contributed by atoms with Gasteiger partial charge in [-0.05, 0) is 12.8 Å². The highest BCUT2D eigenvalue weighted by Gasteiger charge is 2.44. The molecule has 10 heteroatoms. The van der Waals surface area contributed by atoms with Crippen molar-refractivity contribution in [2.45, 2.75) is 223 Å². The van der Waals surface area contributed by atoms with Crippen LogP contribution in [0, 0.1) is 0 Å². The Balaban J connectivity index is 2.41. The molecule has 2 unspecified atom stereocenters. The maximum atomic E-state index is 12.8. The summed E-state index contributed by atoms with van der Waals surface area (Å²) >= 11 is 0. The largest absolute Gasteiger partial charge is 0.394 e. The van der Waals surface area contributed by atoms with Crippen LogP contribution in [0.25, 0.3) is 0 Å². The predicted octanol–water partition coefficient (Wildman–Crippen LogP) is 5.80. The third kappa shape index (κ3) is 20.7. The minimum Gasteiger partial charge on any atom is -0.394 e. The third-order valence-corrected chi connectivity index (χ3v) is 9.80. The van der Waals surface area contributed by atoms with Crippen molar-refractivity contribution in [3.8, 4) is 0 Å². The number of rotatable bonds is 32. The fraction of sp³-hybridized carbons (Fsp3) is 0.974. The molecule has 1 rings (SSSR count). The summed E-state index contributed by atoms with van der Waals surface area (Å²) in [5.41, 5.74) is 0. The summed E-state index contributed by atoms with van der Waals surface area (Å²) in [6.45, 7) is 3.54. The first-order chi connectivity index (χ1) is 23.3. The molecule has 1 aliphatic heterocycles. The summed E-state index contributed by atoms with van der Waals surface area (Å²) in [6, 6.07) is -0.981. The number of carbonyl (C=O) groups excluding carboxylic acids is 1. The molecule has 1 aliphatic rings. The van der Waals surface area contributed by atoms with Crippen molar-refractivity contribution in [1.29, 1.82) is 0 Å². The second-order valence-corrected chi connectivity index (χ2v) is 14.2. The highest BCUT2D eigenvalue weighted by Crippen LogP contribution is 2.23. The zero-order valence-corrected chi connectivity index (χ0v) is 30.6. The smallest absolute Gasteiger partial charge is 0.220 e. The summed E-state index contributed by atoms with van der Waals surface area (Å²) in [4.78, 5) is 12.8. The molecule has 1 amide bonds. The highest BCUT2D eigenvalue weighted by molar-refractivity contribution is 5.76. The molecule has 0 aromatic carbocycles. The molecular weight excluding hydrogens is 614 g/mol. The number of hydrogen-bond donors (Lipinski definition) is 7. The van der Waals surface area contributed by atoms with Crippen molar-refractivity contribution in [2.24, 2.45) is 0 Å². The van der Waals surface area contributed by atoms with E-state index in [4.69, 9.17) is 9.47 Å². The predicted molar refractivity (Wildman–Crippen MR) is 190 cm³/mol. The van der Waals surface area contributed by atoms with Crippen LogP contribution in [0.3, 0.4) is 0 Å². The first-order valence-corrected chi connectivity index (χ1v) is 19.8. The third-order valence-electron chi connectivity index (χ3n) is 9.80. The van der Waals surface area contributed by atoms with Gasteiger partial charge in [0.1, 0.15) is 30.5 Å². The fourth-order valence-electron chi connectivity index (χ4n) is 6.49. The minimum atomic E-state index is -1.60. The van der Waals surface area contributed by atoms with Crippen molar-refractivity contribution in [1.82, 2.24) is 5.32 Å². The zero-order chi connectivity index (χ0) is 35.4. The van der Waals surface area contributed by atoms with Crippen LogP contribution in [0.1, 0.15) is 174 Å². The van der Waals surface area contributed by atoms with Gasteiger partial charge in [0.2, 0.25) is 5.91 Å². The summed E-state index contributed by atoms with van der Waals surface area (Å²) in [5, 5.41) is 64.7. The van der Waals surface area contributed by atoms with Crippen molar-refractivity contribution < 1.29 is 44.9 Å². The maximum absolute atomic E-state index is 12.8. The molecule has 7 N–H and O–H groups in total. The quantitative estimate of drug-likeness (QED) is 0.0432. The molecule has 0 saturated carbocycles. The first kappa shape index (κ1) is 45.2. The van der Waals surface area contributed by atoms with Crippen molar-refractivity contribution in [3.63, 3.8) is 0 Å². The molecule has 1 heterocycles. The van der Waals surface area contributed by atoms with E-state index in [9.17, 15) is 35.4 Å². The van der Waals surface area contributed by atoms with Crippen LogP contribution in [0.5, 0.6) is 0 Å². The minimum absolute atomic E-state index is 0.264. The number of ether oxygens (including phenoxy) is 2. The van der Waals surface area contributed by atoms with Gasteiger partial charge in [0, 0.05) is 6.42 Å². The van der Waals surface area contributed by atoms with E-state index in [1.165, 1.54) is 103 Å². The fourth-order valence-corrected chi connectivity index (χ4v) is 6.49. The molecule has 0 spiro atoms. The Hall–Kier alpha value is -0.850. The second kappa shape index (κ2) is 29.8. The van der Waals surface area contributed by atoms with Gasteiger partial charge in [-0.3, -0.25) is 4.79 Å². The van der Waals surface area contributed by atoms with E-state index in [2.05, 4.69) is 19.2 Å². The summed E-state index contributed by atoms with van der Waals surface area (Å²) in [7, 11) is 0. The number of aliphatic hydroxyl groups is 6. The number of unbranched alkanes of at least 4 members (excludes halogenated alkanes) is 21. The summed E-state index contributed by atoms with van der Waals surface area (Å²) in [5.74, 6) is -0.264.